The van der Waals surface area contributed by atoms with Crippen LogP contribution in [0.15, 0.2) is 48.5 Å². The number of carbonyl (C=O) groups excluding carboxylic acids is 1. The first-order chi connectivity index (χ1) is 11.9. The lowest BCUT2D eigenvalue weighted by atomic mass is 10.1. The van der Waals surface area contributed by atoms with Gasteiger partial charge in [0, 0.05) is 21.7 Å². The fourth-order valence-electron chi connectivity index (χ4n) is 2.16. The summed E-state index contributed by atoms with van der Waals surface area (Å²) in [5.74, 6) is -0.557. The van der Waals surface area contributed by atoms with E-state index < -0.39 is 10.8 Å². The minimum Gasteiger partial charge on any atom is -0.315 e. The van der Waals surface area contributed by atoms with E-state index in [1.807, 2.05) is 0 Å². The molecule has 0 aliphatic rings. The molecule has 7 nitrogen and oxygen atoms in total. The number of nitrogens with one attached hydrogen (secondary N) is 2. The van der Waals surface area contributed by atoms with Crippen molar-refractivity contribution in [2.45, 2.75) is 0 Å². The van der Waals surface area contributed by atoms with Crippen molar-refractivity contribution in [3.63, 3.8) is 0 Å². The number of nitro groups is 1. The molecule has 0 spiro atoms. The third kappa shape index (κ3) is 3.78. The van der Waals surface area contributed by atoms with E-state index in [0.717, 1.165) is 5.56 Å². The van der Waals surface area contributed by atoms with Crippen molar-refractivity contribution in [2.75, 3.05) is 5.32 Å². The molecule has 2 N–H and O–H groups in total. The van der Waals surface area contributed by atoms with E-state index in [1.165, 1.54) is 18.2 Å². The molecular weight excluding hydrogens is 367 g/mol. The number of H-pyrrole nitrogens is 1. The molecule has 1 aromatic heterocycles. The number of aromatic amines is 1. The second-order valence-electron chi connectivity index (χ2n) is 5.05. The summed E-state index contributed by atoms with van der Waals surface area (Å²) in [4.78, 5) is 22.8. The van der Waals surface area contributed by atoms with E-state index in [9.17, 15) is 14.9 Å². The van der Waals surface area contributed by atoms with Crippen LogP contribution in [0.1, 0.15) is 10.5 Å². The number of nitro benzene ring substituents is 1. The molecule has 25 heavy (non-hydrogen) atoms. The maximum absolute atomic E-state index is 12.3. The molecule has 0 atom stereocenters. The van der Waals surface area contributed by atoms with Crippen LogP contribution in [-0.2, 0) is 0 Å². The topological polar surface area (TPSA) is 101 Å². The number of benzene rings is 2. The second kappa shape index (κ2) is 6.92. The second-order valence-corrected chi connectivity index (χ2v) is 5.92. The Balaban J connectivity index is 1.83. The number of carbonyl (C=O) groups is 1. The molecule has 9 heteroatoms. The third-order valence-electron chi connectivity index (χ3n) is 3.37. The summed E-state index contributed by atoms with van der Waals surface area (Å²) in [5.41, 5.74) is 1.24. The maximum Gasteiger partial charge on any atom is 0.294 e. The zero-order valence-corrected chi connectivity index (χ0v) is 14.0. The van der Waals surface area contributed by atoms with E-state index in [-0.39, 0.29) is 22.1 Å². The minimum atomic E-state index is -0.617. The normalized spacial score (nSPS) is 10.5. The van der Waals surface area contributed by atoms with Gasteiger partial charge in [-0.05, 0) is 30.3 Å². The third-order valence-corrected chi connectivity index (χ3v) is 3.85. The summed E-state index contributed by atoms with van der Waals surface area (Å²) in [6, 6.07) is 12.5. The Hall–Kier alpha value is -2.90. The molecule has 0 aliphatic carbocycles. The summed E-state index contributed by atoms with van der Waals surface area (Å²) in [6.07, 6.45) is 0. The molecule has 3 aromatic rings. The lowest BCUT2D eigenvalue weighted by molar-refractivity contribution is -0.383. The fraction of sp³-hybridized carbons (Fsp3) is 0. The number of aromatic nitrogens is 2. The first-order valence-electron chi connectivity index (χ1n) is 7.00. The monoisotopic (exact) mass is 376 g/mol. The molecule has 0 unspecified atom stereocenters. The number of hydrogen-bond donors (Lipinski definition) is 2. The highest BCUT2D eigenvalue weighted by Crippen LogP contribution is 2.28. The Morgan fingerprint density at radius 1 is 1.08 bits per heavy atom. The van der Waals surface area contributed by atoms with Gasteiger partial charge in [0.1, 0.15) is 11.4 Å². The van der Waals surface area contributed by atoms with E-state index in [1.54, 1.807) is 30.3 Å². The zero-order valence-electron chi connectivity index (χ0n) is 12.5. The van der Waals surface area contributed by atoms with E-state index in [4.69, 9.17) is 23.2 Å². The summed E-state index contributed by atoms with van der Waals surface area (Å²) in [6.45, 7) is 0. The summed E-state index contributed by atoms with van der Waals surface area (Å²) >= 11 is 11.6. The predicted octanol–water partition coefficient (Wildman–Crippen LogP) is 4.54. The highest BCUT2D eigenvalue weighted by molar-refractivity contribution is 6.31. The highest BCUT2D eigenvalue weighted by atomic mass is 35.5. The van der Waals surface area contributed by atoms with Gasteiger partial charge in [0.05, 0.1) is 10.6 Å². The van der Waals surface area contributed by atoms with Crippen LogP contribution < -0.4 is 5.32 Å². The van der Waals surface area contributed by atoms with Gasteiger partial charge >= 0.3 is 0 Å². The Morgan fingerprint density at radius 3 is 2.44 bits per heavy atom. The van der Waals surface area contributed by atoms with Gasteiger partial charge in [-0.3, -0.25) is 20.0 Å². The van der Waals surface area contributed by atoms with Gasteiger partial charge in [0.2, 0.25) is 0 Å². The van der Waals surface area contributed by atoms with E-state index in [0.29, 0.717) is 10.7 Å². The molecule has 0 saturated heterocycles. The molecule has 3 rings (SSSR count). The van der Waals surface area contributed by atoms with Crippen LogP contribution >= 0.6 is 23.2 Å². The molecule has 0 saturated carbocycles. The average molecular weight is 377 g/mol. The van der Waals surface area contributed by atoms with Crippen LogP contribution in [0, 0.1) is 10.1 Å². The molecule has 0 radical (unpaired) electrons. The van der Waals surface area contributed by atoms with Crippen molar-refractivity contribution in [1.82, 2.24) is 10.2 Å². The largest absolute Gasteiger partial charge is 0.315 e. The van der Waals surface area contributed by atoms with Crippen molar-refractivity contribution in [3.8, 4) is 11.3 Å². The maximum atomic E-state index is 12.3. The molecule has 2 aromatic carbocycles. The number of amides is 1. The Bertz CT molecular complexity index is 954. The molecular formula is C16H10Cl2N4O3. The van der Waals surface area contributed by atoms with Gasteiger partial charge < -0.3 is 5.32 Å². The van der Waals surface area contributed by atoms with Crippen LogP contribution in [0.25, 0.3) is 11.3 Å². The molecule has 0 fully saturated rings. The van der Waals surface area contributed by atoms with Crippen molar-refractivity contribution in [2.24, 2.45) is 0 Å². The van der Waals surface area contributed by atoms with E-state index >= 15 is 0 Å². The van der Waals surface area contributed by atoms with Crippen molar-refractivity contribution in [3.05, 3.63) is 74.4 Å². The molecule has 0 bridgehead atoms. The number of halogens is 2. The van der Waals surface area contributed by atoms with Gasteiger partial charge in [-0.15, -0.1) is 0 Å². The number of anilines is 1. The first-order valence-corrected chi connectivity index (χ1v) is 7.76. The van der Waals surface area contributed by atoms with Crippen LogP contribution in [0.4, 0.5) is 11.4 Å². The number of hydrogen-bond acceptors (Lipinski definition) is 4. The fourth-order valence-corrected chi connectivity index (χ4v) is 2.45. The molecule has 1 heterocycles. The molecule has 0 aliphatic heterocycles. The van der Waals surface area contributed by atoms with Crippen LogP contribution in [0.5, 0.6) is 0 Å². The number of nitrogens with zero attached hydrogens (tertiary/aromatic N) is 2. The van der Waals surface area contributed by atoms with Gasteiger partial charge in [-0.1, -0.05) is 35.3 Å². The van der Waals surface area contributed by atoms with Crippen molar-refractivity contribution >= 4 is 40.5 Å². The molecule has 126 valence electrons. The Morgan fingerprint density at radius 2 is 1.76 bits per heavy atom. The molecule has 1 amide bonds. The van der Waals surface area contributed by atoms with Crippen LogP contribution in [0.2, 0.25) is 10.0 Å². The lowest BCUT2D eigenvalue weighted by Gasteiger charge is -2.04. The average Bonchev–Trinajstić information content (AvgIpc) is 3.07. The first kappa shape index (κ1) is 16.9. The van der Waals surface area contributed by atoms with Gasteiger partial charge in [0.15, 0.2) is 0 Å². The van der Waals surface area contributed by atoms with E-state index in [2.05, 4.69) is 15.5 Å². The Kier molecular flexibility index (Phi) is 4.69. The summed E-state index contributed by atoms with van der Waals surface area (Å²) in [5, 5.41) is 21.0. The SMILES string of the molecule is O=C(Nc1ccc(Cl)cc1[N+](=O)[O-])c1cc(-c2ccc(Cl)cc2)n[nH]1. The number of rotatable bonds is 4. The summed E-state index contributed by atoms with van der Waals surface area (Å²) < 4.78 is 0. The van der Waals surface area contributed by atoms with Crippen LogP contribution in [-0.4, -0.2) is 21.0 Å². The zero-order chi connectivity index (χ0) is 18.0. The standard InChI is InChI=1S/C16H10Cl2N4O3/c17-10-3-1-9(2-4-10)13-8-14(21-20-13)16(23)19-12-6-5-11(18)7-15(12)22(24)25/h1-8H,(H,19,23)(H,20,21). The summed E-state index contributed by atoms with van der Waals surface area (Å²) in [7, 11) is 0. The smallest absolute Gasteiger partial charge is 0.294 e. The quantitative estimate of drug-likeness (QED) is 0.515. The van der Waals surface area contributed by atoms with Gasteiger partial charge in [-0.25, -0.2) is 0 Å². The van der Waals surface area contributed by atoms with Gasteiger partial charge in [-0.2, -0.15) is 5.10 Å². The van der Waals surface area contributed by atoms with Gasteiger partial charge in [0.25, 0.3) is 11.6 Å². The van der Waals surface area contributed by atoms with Crippen molar-refractivity contribution < 1.29 is 9.72 Å². The highest BCUT2D eigenvalue weighted by Gasteiger charge is 2.18. The Labute approximate surface area is 151 Å². The minimum absolute atomic E-state index is 0.0436. The predicted molar refractivity (Wildman–Crippen MR) is 95.1 cm³/mol. The van der Waals surface area contributed by atoms with Crippen LogP contribution in [0.3, 0.4) is 0 Å². The lowest BCUT2D eigenvalue weighted by Crippen LogP contribution is -2.13. The van der Waals surface area contributed by atoms with Crippen molar-refractivity contribution in [1.29, 1.82) is 0 Å².